The van der Waals surface area contributed by atoms with Crippen molar-refractivity contribution in [2.24, 2.45) is 0 Å². The molecule has 0 spiro atoms. The average molecular weight is 376 g/mol. The van der Waals surface area contributed by atoms with Crippen LogP contribution < -0.4 is 0 Å². The third-order valence-electron chi connectivity index (χ3n) is 7.74. The van der Waals surface area contributed by atoms with Crippen molar-refractivity contribution in [3.63, 3.8) is 0 Å². The highest BCUT2D eigenvalue weighted by Gasteiger charge is 2.41. The first kappa shape index (κ1) is 19.7. The molecule has 4 heterocycles. The highest BCUT2D eigenvalue weighted by molar-refractivity contribution is 7.99. The van der Waals surface area contributed by atoms with Crippen LogP contribution in [0, 0.1) is 0 Å². The molecule has 0 aliphatic carbocycles. The van der Waals surface area contributed by atoms with E-state index < -0.39 is 0 Å². The minimum absolute atomic E-state index is 0.604. The molecule has 4 rings (SSSR count). The monoisotopic (exact) mass is 376 g/mol. The van der Waals surface area contributed by atoms with Gasteiger partial charge >= 0.3 is 0 Å². The van der Waals surface area contributed by atoms with Crippen molar-refractivity contribution in [3.05, 3.63) is 0 Å². The largest absolute Gasteiger partial charge is 0.435 e. The smallest absolute Gasteiger partial charge is 0.299 e. The Morgan fingerprint density at radius 3 is 1.46 bits per heavy atom. The second-order valence-electron chi connectivity index (χ2n) is 9.40. The number of thioether (sulfide) groups is 1. The zero-order valence-corrected chi connectivity index (χ0v) is 17.5. The summed E-state index contributed by atoms with van der Waals surface area (Å²) < 4.78 is 12.7. The van der Waals surface area contributed by atoms with E-state index in [1.54, 1.807) is 0 Å². The average Bonchev–Trinajstić information content (AvgIpc) is 2.63. The van der Waals surface area contributed by atoms with Gasteiger partial charge in [0.15, 0.2) is 0 Å². The summed E-state index contributed by atoms with van der Waals surface area (Å²) in [6.45, 7) is 3.16. The van der Waals surface area contributed by atoms with E-state index in [1.807, 2.05) is 0 Å². The summed E-state index contributed by atoms with van der Waals surface area (Å²) in [5.74, 6) is 5.96. The van der Waals surface area contributed by atoms with E-state index in [4.69, 9.17) is 9.31 Å². The van der Waals surface area contributed by atoms with Crippen LogP contribution in [0.1, 0.15) is 83.5 Å². The zero-order chi connectivity index (χ0) is 17.6. The molecule has 0 aromatic heterocycles. The Bertz CT molecular complexity index is 343. The second-order valence-corrected chi connectivity index (χ2v) is 10.6. The van der Waals surface area contributed by atoms with E-state index in [1.165, 1.54) is 95.0 Å². The lowest BCUT2D eigenvalue weighted by atomic mass is 9.38. The van der Waals surface area contributed by atoms with Crippen molar-refractivity contribution in [1.29, 1.82) is 0 Å². The minimum atomic E-state index is 0.604. The van der Waals surface area contributed by atoms with E-state index in [0.717, 1.165) is 36.5 Å². The van der Waals surface area contributed by atoms with Crippen molar-refractivity contribution < 1.29 is 9.31 Å². The summed E-state index contributed by atoms with van der Waals surface area (Å²) >= 11 is 2.07. The fraction of sp³-hybridized carbons (Fsp3) is 1.00. The van der Waals surface area contributed by atoms with Gasteiger partial charge in [0, 0.05) is 19.0 Å². The van der Waals surface area contributed by atoms with Crippen molar-refractivity contribution >= 4 is 25.6 Å². The number of hydrogen-bond donors (Lipinski definition) is 0. The fourth-order valence-corrected chi connectivity index (χ4v) is 7.24. The van der Waals surface area contributed by atoms with E-state index in [9.17, 15) is 0 Å². The first-order valence-corrected chi connectivity index (χ1v) is 12.9. The van der Waals surface area contributed by atoms with Crippen molar-refractivity contribution in [2.75, 3.05) is 24.7 Å². The summed E-state index contributed by atoms with van der Waals surface area (Å²) in [6, 6.07) is 0. The molecule has 0 aromatic carbocycles. The van der Waals surface area contributed by atoms with Gasteiger partial charge < -0.3 is 9.31 Å². The van der Waals surface area contributed by atoms with Crippen LogP contribution in [0.3, 0.4) is 0 Å². The molecule has 0 N–H and O–H groups in total. The molecule has 4 aliphatic rings. The van der Waals surface area contributed by atoms with Gasteiger partial charge in [-0.1, -0.05) is 77.0 Å². The lowest BCUT2D eigenvalue weighted by Crippen LogP contribution is -2.37. The highest BCUT2D eigenvalue weighted by Crippen LogP contribution is 2.47. The Kier molecular flexibility index (Phi) is 7.77. The van der Waals surface area contributed by atoms with Crippen LogP contribution in [0.2, 0.25) is 23.3 Å². The van der Waals surface area contributed by atoms with E-state index in [2.05, 4.69) is 11.8 Å². The Hall–Kier alpha value is 0.400. The van der Waals surface area contributed by atoms with E-state index in [-0.39, 0.29) is 0 Å². The quantitative estimate of drug-likeness (QED) is 0.345. The molecule has 4 fully saturated rings. The lowest BCUT2D eigenvalue weighted by molar-refractivity contribution is 0.269. The molecular weight excluding hydrogens is 338 g/mol. The maximum atomic E-state index is 6.36. The molecule has 0 amide bonds. The van der Waals surface area contributed by atoms with Gasteiger partial charge in [0.25, 0.3) is 13.8 Å². The number of hydrogen-bond acceptors (Lipinski definition) is 3. The van der Waals surface area contributed by atoms with Crippen LogP contribution in [0.25, 0.3) is 0 Å². The molecular formula is C21H38B2O2S. The molecule has 0 aromatic rings. The molecule has 146 valence electrons. The number of fused-ring (bicyclic) bond motifs is 4. The van der Waals surface area contributed by atoms with Gasteiger partial charge in [0.1, 0.15) is 0 Å². The summed E-state index contributed by atoms with van der Waals surface area (Å²) in [6.07, 6.45) is 18.4. The maximum absolute atomic E-state index is 6.36. The predicted molar refractivity (Wildman–Crippen MR) is 116 cm³/mol. The second kappa shape index (κ2) is 10.3. The molecule has 4 aliphatic heterocycles. The summed E-state index contributed by atoms with van der Waals surface area (Å²) in [4.78, 5) is 0. The fourth-order valence-electron chi connectivity index (χ4n) is 6.50. The summed E-state index contributed by atoms with van der Waals surface area (Å²) in [5.41, 5.74) is 0. The van der Waals surface area contributed by atoms with Crippen LogP contribution in [0.4, 0.5) is 0 Å². The van der Waals surface area contributed by atoms with Crippen molar-refractivity contribution in [2.45, 2.75) is 107 Å². The molecule has 2 nitrogen and oxygen atoms in total. The van der Waals surface area contributed by atoms with Crippen LogP contribution in [-0.2, 0) is 9.31 Å². The third kappa shape index (κ3) is 5.06. The topological polar surface area (TPSA) is 18.5 Å². The van der Waals surface area contributed by atoms with Gasteiger partial charge in [0.2, 0.25) is 0 Å². The SMILES string of the molecule is C(COB1C2CCCC1CCC2)CSCCOB1C2CCCC1CCC2. The van der Waals surface area contributed by atoms with Gasteiger partial charge in [-0.3, -0.25) is 0 Å². The highest BCUT2D eigenvalue weighted by atomic mass is 32.2. The molecule has 0 radical (unpaired) electrons. The molecule has 5 heteroatoms. The molecule has 0 atom stereocenters. The molecule has 0 unspecified atom stereocenters. The normalized spacial score (nSPS) is 34.2. The molecule has 26 heavy (non-hydrogen) atoms. The standard InChI is InChI=1S/C21H38B2O2S/c1-6-18-8-2-9-19(7-1)22(18)24-14-5-16-26-17-15-25-23-20-10-3-11-21(23)13-4-12-20/h18-21H,1-17H2. The van der Waals surface area contributed by atoms with Gasteiger partial charge in [-0.2, -0.15) is 11.8 Å². The Labute approximate surface area is 166 Å². The van der Waals surface area contributed by atoms with Crippen LogP contribution in [0.15, 0.2) is 0 Å². The predicted octanol–water partition coefficient (Wildman–Crippen LogP) is 6.34. The first-order valence-electron chi connectivity index (χ1n) is 11.7. The summed E-state index contributed by atoms with van der Waals surface area (Å²) in [7, 11) is 0. The van der Waals surface area contributed by atoms with Gasteiger partial charge in [0.05, 0.1) is 0 Å². The van der Waals surface area contributed by atoms with Crippen molar-refractivity contribution in [3.8, 4) is 0 Å². The zero-order valence-electron chi connectivity index (χ0n) is 16.7. The van der Waals surface area contributed by atoms with E-state index >= 15 is 0 Å². The lowest BCUT2D eigenvalue weighted by Gasteiger charge is -2.39. The molecule has 4 saturated heterocycles. The number of rotatable bonds is 9. The Balaban J connectivity index is 1.04. The Morgan fingerprint density at radius 2 is 1.00 bits per heavy atom. The first-order chi connectivity index (χ1) is 12.9. The maximum Gasteiger partial charge on any atom is 0.299 e. The third-order valence-corrected chi connectivity index (χ3v) is 8.77. The van der Waals surface area contributed by atoms with Crippen molar-refractivity contribution in [1.82, 2.24) is 0 Å². The van der Waals surface area contributed by atoms with Crippen LogP contribution in [-0.4, -0.2) is 38.6 Å². The van der Waals surface area contributed by atoms with Gasteiger partial charge in [-0.15, -0.1) is 0 Å². The van der Waals surface area contributed by atoms with E-state index in [0.29, 0.717) is 13.8 Å². The minimum Gasteiger partial charge on any atom is -0.435 e. The summed E-state index contributed by atoms with van der Waals surface area (Å²) in [5, 5.41) is 0. The van der Waals surface area contributed by atoms with Crippen LogP contribution >= 0.6 is 11.8 Å². The van der Waals surface area contributed by atoms with Crippen LogP contribution in [0.5, 0.6) is 0 Å². The Morgan fingerprint density at radius 1 is 0.577 bits per heavy atom. The molecule has 4 bridgehead atoms. The molecule has 0 saturated carbocycles. The van der Waals surface area contributed by atoms with Gasteiger partial charge in [-0.25, -0.2) is 0 Å². The van der Waals surface area contributed by atoms with Gasteiger partial charge in [-0.05, 0) is 35.4 Å².